The molecule has 0 aliphatic rings. The number of pyridine rings is 1. The number of rotatable bonds is 7. The van der Waals surface area contributed by atoms with Gasteiger partial charge in [0.25, 0.3) is 0 Å². The first-order valence-electron chi connectivity index (χ1n) is 7.48. The molecule has 1 aromatic carbocycles. The number of carbonyl (C=O) groups excluding carboxylic acids is 2. The number of ketones is 1. The molecule has 5 heteroatoms. The Hall–Kier alpha value is -2.69. The van der Waals surface area contributed by atoms with E-state index in [0.29, 0.717) is 30.0 Å². The first kappa shape index (κ1) is 16.7. The second kappa shape index (κ2) is 8.08. The normalized spacial score (nSPS) is 10.2. The minimum absolute atomic E-state index is 0.0221. The van der Waals surface area contributed by atoms with Crippen molar-refractivity contribution < 1.29 is 14.3 Å². The number of nitrogens with zero attached hydrogens (tertiary/aromatic N) is 1. The molecule has 120 valence electrons. The van der Waals surface area contributed by atoms with Crippen LogP contribution in [-0.4, -0.2) is 23.8 Å². The molecule has 0 saturated heterocycles. The highest BCUT2D eigenvalue weighted by molar-refractivity contribution is 5.96. The molecule has 0 radical (unpaired) electrons. The largest absolute Gasteiger partial charge is 0.497 e. The Bertz CT molecular complexity index is 664. The molecule has 0 aliphatic heterocycles. The van der Waals surface area contributed by atoms with Gasteiger partial charge in [-0.05, 0) is 49.2 Å². The number of nitrogens with one attached hydrogen (secondary N) is 1. The van der Waals surface area contributed by atoms with Crippen LogP contribution in [0.3, 0.4) is 0 Å². The summed E-state index contributed by atoms with van der Waals surface area (Å²) in [4.78, 5) is 28.0. The number of aryl methyl sites for hydroxylation is 1. The molecule has 2 rings (SSSR count). The summed E-state index contributed by atoms with van der Waals surface area (Å²) in [6.45, 7) is 1.93. The van der Waals surface area contributed by atoms with Crippen molar-refractivity contribution in [3.05, 3.63) is 53.7 Å². The van der Waals surface area contributed by atoms with Crippen molar-refractivity contribution in [2.24, 2.45) is 0 Å². The van der Waals surface area contributed by atoms with Crippen molar-refractivity contribution >= 4 is 17.5 Å². The molecule has 0 aliphatic carbocycles. The van der Waals surface area contributed by atoms with Crippen molar-refractivity contribution in [3.63, 3.8) is 0 Å². The average molecular weight is 312 g/mol. The fraction of sp³-hybridized carbons (Fsp3) is 0.278. The van der Waals surface area contributed by atoms with E-state index in [1.807, 2.05) is 13.0 Å². The quantitative estimate of drug-likeness (QED) is 0.796. The molecule has 23 heavy (non-hydrogen) atoms. The molecule has 2 aromatic rings. The number of anilines is 1. The average Bonchev–Trinajstić information content (AvgIpc) is 2.57. The van der Waals surface area contributed by atoms with Crippen LogP contribution in [0.25, 0.3) is 0 Å². The summed E-state index contributed by atoms with van der Waals surface area (Å²) in [5.41, 5.74) is 1.67. The lowest BCUT2D eigenvalue weighted by Crippen LogP contribution is -2.13. The number of hydrogen-bond donors (Lipinski definition) is 1. The van der Waals surface area contributed by atoms with Crippen molar-refractivity contribution in [3.8, 4) is 5.75 Å². The third-order valence-corrected chi connectivity index (χ3v) is 3.40. The van der Waals surface area contributed by atoms with E-state index in [1.54, 1.807) is 43.6 Å². The number of carbonyl (C=O) groups is 2. The number of hydrogen-bond acceptors (Lipinski definition) is 4. The number of methoxy groups -OCH3 is 1. The summed E-state index contributed by atoms with van der Waals surface area (Å²) in [5, 5.41) is 2.72. The Balaban J connectivity index is 1.76. The summed E-state index contributed by atoms with van der Waals surface area (Å²) in [7, 11) is 1.58. The zero-order valence-corrected chi connectivity index (χ0v) is 13.3. The van der Waals surface area contributed by atoms with Gasteiger partial charge in [0, 0.05) is 24.6 Å². The van der Waals surface area contributed by atoms with E-state index < -0.39 is 0 Å². The fourth-order valence-electron chi connectivity index (χ4n) is 2.08. The molecule has 0 atom stereocenters. The highest BCUT2D eigenvalue weighted by Gasteiger charge is 2.08. The zero-order valence-electron chi connectivity index (χ0n) is 13.3. The Kier molecular flexibility index (Phi) is 5.86. The van der Waals surface area contributed by atoms with Crippen LogP contribution < -0.4 is 10.1 Å². The lowest BCUT2D eigenvalue weighted by molar-refractivity contribution is -0.116. The molecule has 1 aromatic heterocycles. The van der Waals surface area contributed by atoms with Crippen LogP contribution in [0, 0.1) is 6.92 Å². The second-order valence-electron chi connectivity index (χ2n) is 5.27. The molecular weight excluding hydrogens is 292 g/mol. The summed E-state index contributed by atoms with van der Waals surface area (Å²) in [5.74, 6) is 1.13. The maximum Gasteiger partial charge on any atom is 0.225 e. The Morgan fingerprint density at radius 2 is 1.83 bits per heavy atom. The zero-order chi connectivity index (χ0) is 16.7. The number of benzene rings is 1. The smallest absolute Gasteiger partial charge is 0.225 e. The van der Waals surface area contributed by atoms with Gasteiger partial charge in [-0.2, -0.15) is 0 Å². The second-order valence-corrected chi connectivity index (χ2v) is 5.27. The summed E-state index contributed by atoms with van der Waals surface area (Å²) < 4.78 is 5.06. The van der Waals surface area contributed by atoms with Crippen molar-refractivity contribution in [2.45, 2.75) is 26.2 Å². The lowest BCUT2D eigenvalue weighted by atomic mass is 10.1. The van der Waals surface area contributed by atoms with Gasteiger partial charge in [-0.1, -0.05) is 6.07 Å². The van der Waals surface area contributed by atoms with Crippen LogP contribution in [-0.2, 0) is 4.79 Å². The van der Waals surface area contributed by atoms with Crippen LogP contribution in [0.4, 0.5) is 5.82 Å². The number of ether oxygens (including phenoxy) is 1. The molecule has 0 bridgehead atoms. The maximum absolute atomic E-state index is 12.0. The van der Waals surface area contributed by atoms with Gasteiger partial charge in [-0.3, -0.25) is 9.59 Å². The predicted molar refractivity (Wildman–Crippen MR) is 88.8 cm³/mol. The Morgan fingerprint density at radius 1 is 1.09 bits per heavy atom. The standard InChI is InChI=1S/C18H20N2O3/c1-13-6-11-17(19-12-13)20-18(22)5-3-4-16(21)14-7-9-15(23-2)10-8-14/h6-12H,3-5H2,1-2H3,(H,19,20,22). The first-order chi connectivity index (χ1) is 11.1. The third-order valence-electron chi connectivity index (χ3n) is 3.40. The molecule has 1 N–H and O–H groups in total. The molecule has 1 heterocycles. The third kappa shape index (κ3) is 5.21. The van der Waals surface area contributed by atoms with Gasteiger partial charge < -0.3 is 10.1 Å². The van der Waals surface area contributed by atoms with Gasteiger partial charge in [0.2, 0.25) is 5.91 Å². The number of amides is 1. The highest BCUT2D eigenvalue weighted by atomic mass is 16.5. The Morgan fingerprint density at radius 3 is 2.43 bits per heavy atom. The monoisotopic (exact) mass is 312 g/mol. The Labute approximate surface area is 135 Å². The van der Waals surface area contributed by atoms with Gasteiger partial charge >= 0.3 is 0 Å². The van der Waals surface area contributed by atoms with Crippen LogP contribution in [0.15, 0.2) is 42.6 Å². The van der Waals surface area contributed by atoms with Crippen LogP contribution in [0.2, 0.25) is 0 Å². The van der Waals surface area contributed by atoms with Gasteiger partial charge in [-0.25, -0.2) is 4.98 Å². The predicted octanol–water partition coefficient (Wildman–Crippen LogP) is 3.39. The first-order valence-corrected chi connectivity index (χ1v) is 7.48. The van der Waals surface area contributed by atoms with E-state index in [1.165, 1.54) is 0 Å². The van der Waals surface area contributed by atoms with E-state index in [9.17, 15) is 9.59 Å². The van der Waals surface area contributed by atoms with Gasteiger partial charge in [0.1, 0.15) is 11.6 Å². The fourth-order valence-corrected chi connectivity index (χ4v) is 2.08. The van der Waals surface area contributed by atoms with E-state index in [0.717, 1.165) is 5.56 Å². The van der Waals surface area contributed by atoms with E-state index >= 15 is 0 Å². The molecule has 5 nitrogen and oxygen atoms in total. The van der Waals surface area contributed by atoms with Crippen LogP contribution in [0.1, 0.15) is 35.2 Å². The molecule has 1 amide bonds. The van der Waals surface area contributed by atoms with Gasteiger partial charge in [0.05, 0.1) is 7.11 Å². The van der Waals surface area contributed by atoms with Crippen molar-refractivity contribution in [2.75, 3.05) is 12.4 Å². The van der Waals surface area contributed by atoms with Crippen molar-refractivity contribution in [1.82, 2.24) is 4.98 Å². The summed E-state index contributed by atoms with van der Waals surface area (Å²) >= 11 is 0. The summed E-state index contributed by atoms with van der Waals surface area (Å²) in [6, 6.07) is 10.6. The molecule has 0 fully saturated rings. The molecular formula is C18H20N2O3. The van der Waals surface area contributed by atoms with Gasteiger partial charge in [0.15, 0.2) is 5.78 Å². The van der Waals surface area contributed by atoms with E-state index in [-0.39, 0.29) is 18.1 Å². The topological polar surface area (TPSA) is 68.3 Å². The number of aromatic nitrogens is 1. The van der Waals surface area contributed by atoms with Crippen molar-refractivity contribution in [1.29, 1.82) is 0 Å². The highest BCUT2D eigenvalue weighted by Crippen LogP contribution is 2.14. The maximum atomic E-state index is 12.0. The SMILES string of the molecule is COc1ccc(C(=O)CCCC(=O)Nc2ccc(C)cn2)cc1. The van der Waals surface area contributed by atoms with Gasteiger partial charge in [-0.15, -0.1) is 0 Å². The minimum atomic E-state index is -0.135. The van der Waals surface area contributed by atoms with E-state index in [4.69, 9.17) is 4.74 Å². The number of Topliss-reactive ketones (excluding diaryl/α,β-unsaturated/α-hetero) is 1. The molecule has 0 saturated carbocycles. The lowest BCUT2D eigenvalue weighted by Gasteiger charge is -2.05. The summed E-state index contributed by atoms with van der Waals surface area (Å²) in [6.07, 6.45) is 2.82. The van der Waals surface area contributed by atoms with E-state index in [2.05, 4.69) is 10.3 Å². The van der Waals surface area contributed by atoms with Crippen LogP contribution >= 0.6 is 0 Å². The van der Waals surface area contributed by atoms with Crippen LogP contribution in [0.5, 0.6) is 5.75 Å². The molecule has 0 unspecified atom stereocenters. The molecule has 0 spiro atoms. The minimum Gasteiger partial charge on any atom is -0.497 e.